The van der Waals surface area contributed by atoms with Crippen LogP contribution in [-0.4, -0.2) is 19.9 Å². The quantitative estimate of drug-likeness (QED) is 0.500. The molecule has 0 radical (unpaired) electrons. The van der Waals surface area contributed by atoms with Gasteiger partial charge >= 0.3 is 0 Å². The van der Waals surface area contributed by atoms with E-state index < -0.39 is 0 Å². The van der Waals surface area contributed by atoms with Gasteiger partial charge in [0.05, 0.1) is 10.9 Å². The van der Waals surface area contributed by atoms with E-state index in [4.69, 9.17) is 16.7 Å². The van der Waals surface area contributed by atoms with Crippen LogP contribution in [0.2, 0.25) is 0 Å². The lowest BCUT2D eigenvalue weighted by molar-refractivity contribution is 0.375. The first-order chi connectivity index (χ1) is 10.7. The maximum Gasteiger partial charge on any atom is 0.239 e. The number of nitrogens with zero attached hydrogens (tertiary/aromatic N) is 4. The Kier molecular flexibility index (Phi) is 4.70. The summed E-state index contributed by atoms with van der Waals surface area (Å²) in [7, 11) is 0. The first kappa shape index (κ1) is 15.4. The van der Waals surface area contributed by atoms with E-state index in [2.05, 4.69) is 15.2 Å². The second-order valence-corrected chi connectivity index (χ2v) is 7.75. The molecule has 0 amide bonds. The van der Waals surface area contributed by atoms with Crippen LogP contribution in [0.3, 0.4) is 0 Å². The Bertz CT molecular complexity index is 809. The van der Waals surface area contributed by atoms with Gasteiger partial charge in [-0.3, -0.25) is 0 Å². The van der Waals surface area contributed by atoms with Gasteiger partial charge in [0.2, 0.25) is 5.89 Å². The molecule has 0 fully saturated rings. The molecule has 5 nitrogen and oxygen atoms in total. The molecule has 3 aromatic rings. The fourth-order valence-electron chi connectivity index (χ4n) is 1.82. The first-order valence-corrected chi connectivity index (χ1v) is 8.92. The van der Waals surface area contributed by atoms with Gasteiger partial charge in [-0.1, -0.05) is 53.4 Å². The average molecular weight is 350 g/mol. The topological polar surface area (TPSA) is 56.7 Å². The van der Waals surface area contributed by atoms with Crippen LogP contribution in [0.15, 0.2) is 39.2 Å². The van der Waals surface area contributed by atoms with Crippen molar-refractivity contribution in [1.29, 1.82) is 0 Å². The zero-order chi connectivity index (χ0) is 15.5. The maximum absolute atomic E-state index is 5.40. The van der Waals surface area contributed by atoms with E-state index in [1.165, 1.54) is 11.3 Å². The first-order valence-electron chi connectivity index (χ1n) is 6.82. The van der Waals surface area contributed by atoms with E-state index in [1.807, 2.05) is 44.2 Å². The standard InChI is InChI=1S/C14H14N4OS3/c1-3-11-15-12(19-17-11)9(2)21-13-16-18(14(20)22-13)10-7-5-4-6-8-10/h4-9H,3H2,1-2H3. The van der Waals surface area contributed by atoms with Crippen molar-refractivity contribution in [2.24, 2.45) is 0 Å². The van der Waals surface area contributed by atoms with Crippen molar-refractivity contribution in [3.63, 3.8) is 0 Å². The van der Waals surface area contributed by atoms with Crippen molar-refractivity contribution in [3.05, 3.63) is 46.0 Å². The number of thioether (sulfide) groups is 1. The predicted molar refractivity (Wildman–Crippen MR) is 90.2 cm³/mol. The Morgan fingerprint density at radius 3 is 2.82 bits per heavy atom. The summed E-state index contributed by atoms with van der Waals surface area (Å²) in [4.78, 5) is 4.36. The highest BCUT2D eigenvalue weighted by molar-refractivity contribution is 8.01. The van der Waals surface area contributed by atoms with Gasteiger partial charge in [0.1, 0.15) is 0 Å². The highest BCUT2D eigenvalue weighted by Gasteiger charge is 2.17. The lowest BCUT2D eigenvalue weighted by Gasteiger charge is -2.02. The van der Waals surface area contributed by atoms with Gasteiger partial charge in [-0.2, -0.15) is 4.98 Å². The second kappa shape index (κ2) is 6.72. The molecule has 0 aliphatic rings. The summed E-state index contributed by atoms with van der Waals surface area (Å²) in [6, 6.07) is 9.88. The van der Waals surface area contributed by atoms with Crippen LogP contribution in [0.5, 0.6) is 0 Å². The fourth-order valence-corrected chi connectivity index (χ4v) is 4.35. The van der Waals surface area contributed by atoms with Crippen LogP contribution in [0.1, 0.15) is 30.8 Å². The summed E-state index contributed by atoms with van der Waals surface area (Å²) >= 11 is 8.46. The molecule has 0 aliphatic carbocycles. The third-order valence-corrected chi connectivity index (χ3v) is 5.36. The van der Waals surface area contributed by atoms with Gasteiger partial charge in [-0.25, -0.2) is 4.68 Å². The van der Waals surface area contributed by atoms with Gasteiger partial charge in [-0.15, -0.1) is 5.10 Å². The number of aryl methyl sites for hydroxylation is 1. The number of aromatic nitrogens is 4. The third kappa shape index (κ3) is 3.29. The molecular formula is C14H14N4OS3. The van der Waals surface area contributed by atoms with Gasteiger partial charge in [0, 0.05) is 6.42 Å². The SMILES string of the molecule is CCc1noc(C(C)Sc2nn(-c3ccccc3)c(=S)s2)n1. The van der Waals surface area contributed by atoms with Gasteiger partial charge in [0.15, 0.2) is 14.1 Å². The minimum atomic E-state index is 0.0394. The summed E-state index contributed by atoms with van der Waals surface area (Å²) in [5.41, 5.74) is 0.967. The molecule has 2 heterocycles. The van der Waals surface area contributed by atoms with E-state index in [1.54, 1.807) is 16.4 Å². The summed E-state index contributed by atoms with van der Waals surface area (Å²) in [6.07, 6.45) is 0.766. The second-order valence-electron chi connectivity index (χ2n) is 4.54. The summed E-state index contributed by atoms with van der Waals surface area (Å²) in [5, 5.41) is 8.54. The van der Waals surface area contributed by atoms with Crippen LogP contribution in [-0.2, 0) is 6.42 Å². The molecule has 1 aromatic carbocycles. The monoisotopic (exact) mass is 350 g/mol. The predicted octanol–water partition coefficient (Wildman–Crippen LogP) is 4.46. The molecule has 1 unspecified atom stereocenters. The Morgan fingerprint density at radius 2 is 2.14 bits per heavy atom. The van der Waals surface area contributed by atoms with Gasteiger partial charge in [-0.05, 0) is 31.3 Å². The molecule has 3 rings (SSSR count). The van der Waals surface area contributed by atoms with Crippen LogP contribution in [0, 0.1) is 3.95 Å². The minimum absolute atomic E-state index is 0.0394. The van der Waals surface area contributed by atoms with Crippen LogP contribution >= 0.6 is 35.3 Å². The highest BCUT2D eigenvalue weighted by atomic mass is 32.2. The van der Waals surface area contributed by atoms with Crippen molar-refractivity contribution in [2.75, 3.05) is 0 Å². The number of rotatable bonds is 5. The van der Waals surface area contributed by atoms with E-state index in [0.29, 0.717) is 5.89 Å². The molecular weight excluding hydrogens is 336 g/mol. The average Bonchev–Trinajstić information content (AvgIpc) is 3.15. The van der Waals surface area contributed by atoms with E-state index >= 15 is 0 Å². The zero-order valence-corrected chi connectivity index (χ0v) is 14.5. The Hall–Kier alpha value is -1.51. The smallest absolute Gasteiger partial charge is 0.239 e. The van der Waals surface area contributed by atoms with E-state index in [9.17, 15) is 0 Å². The van der Waals surface area contributed by atoms with Crippen molar-refractivity contribution in [1.82, 2.24) is 19.9 Å². The van der Waals surface area contributed by atoms with E-state index in [0.717, 1.165) is 26.2 Å². The molecule has 22 heavy (non-hydrogen) atoms. The van der Waals surface area contributed by atoms with Gasteiger partial charge < -0.3 is 4.52 Å². The zero-order valence-electron chi connectivity index (χ0n) is 12.1. The highest BCUT2D eigenvalue weighted by Crippen LogP contribution is 2.35. The lowest BCUT2D eigenvalue weighted by Crippen LogP contribution is -1.96. The van der Waals surface area contributed by atoms with Crippen molar-refractivity contribution >= 4 is 35.3 Å². The van der Waals surface area contributed by atoms with Crippen molar-refractivity contribution in [3.8, 4) is 5.69 Å². The molecule has 0 saturated carbocycles. The Morgan fingerprint density at radius 1 is 1.36 bits per heavy atom. The van der Waals surface area contributed by atoms with Crippen LogP contribution in [0.4, 0.5) is 0 Å². The minimum Gasteiger partial charge on any atom is -0.338 e. The Labute approximate surface area is 141 Å². The molecule has 2 aromatic heterocycles. The molecule has 0 aliphatic heterocycles. The Balaban J connectivity index is 1.80. The van der Waals surface area contributed by atoms with Crippen molar-refractivity contribution < 1.29 is 4.52 Å². The molecule has 0 N–H and O–H groups in total. The molecule has 0 spiro atoms. The maximum atomic E-state index is 5.40. The van der Waals surface area contributed by atoms with E-state index in [-0.39, 0.29) is 5.25 Å². The van der Waals surface area contributed by atoms with Crippen LogP contribution < -0.4 is 0 Å². The largest absolute Gasteiger partial charge is 0.338 e. The van der Waals surface area contributed by atoms with Crippen LogP contribution in [0.25, 0.3) is 5.69 Å². The molecule has 0 saturated heterocycles. The molecule has 8 heteroatoms. The number of benzene rings is 1. The third-order valence-electron chi connectivity index (χ3n) is 2.96. The number of hydrogen-bond donors (Lipinski definition) is 0. The number of hydrogen-bond acceptors (Lipinski definition) is 7. The summed E-state index contributed by atoms with van der Waals surface area (Å²) in [6.45, 7) is 4.02. The molecule has 114 valence electrons. The summed E-state index contributed by atoms with van der Waals surface area (Å²) in [5.74, 6) is 1.35. The van der Waals surface area contributed by atoms with Crippen molar-refractivity contribution in [2.45, 2.75) is 29.9 Å². The molecule has 1 atom stereocenters. The number of para-hydroxylation sites is 1. The molecule has 0 bridgehead atoms. The van der Waals surface area contributed by atoms with Gasteiger partial charge in [0.25, 0.3) is 0 Å². The fraction of sp³-hybridized carbons (Fsp3) is 0.286. The normalized spacial score (nSPS) is 12.5. The summed E-state index contributed by atoms with van der Waals surface area (Å²) < 4.78 is 8.66. The lowest BCUT2D eigenvalue weighted by atomic mass is 10.3.